The van der Waals surface area contributed by atoms with E-state index in [0.29, 0.717) is 0 Å². The molecule has 0 saturated carbocycles. The Labute approximate surface area is 101 Å². The summed E-state index contributed by atoms with van der Waals surface area (Å²) in [6.07, 6.45) is 3.35. The second-order valence-electron chi connectivity index (χ2n) is 4.20. The van der Waals surface area contributed by atoms with E-state index in [1.54, 1.807) is 0 Å². The van der Waals surface area contributed by atoms with Crippen molar-refractivity contribution in [2.24, 2.45) is 0 Å². The maximum absolute atomic E-state index is 11.5. The monoisotopic (exact) mass is 244 g/mol. The number of ether oxygens (including phenoxy) is 1. The molecule has 2 amide bonds. The average Bonchev–Trinajstić information content (AvgIpc) is 2.53. The van der Waals surface area contributed by atoms with E-state index in [2.05, 4.69) is 10.1 Å². The molecule has 1 aliphatic rings. The summed E-state index contributed by atoms with van der Waals surface area (Å²) in [6, 6.07) is 0.0147. The second kappa shape index (κ2) is 7.24. The van der Waals surface area contributed by atoms with Crippen LogP contribution in [0.4, 0.5) is 4.79 Å². The number of alkyl carbamates (subject to hydrolysis) is 1. The highest BCUT2D eigenvalue weighted by molar-refractivity contribution is 5.92. The fraction of sp³-hybridized carbons (Fsp3) is 0.818. The Morgan fingerprint density at radius 1 is 1.41 bits per heavy atom. The zero-order valence-corrected chi connectivity index (χ0v) is 10.1. The lowest BCUT2D eigenvalue weighted by Crippen LogP contribution is -2.45. The first-order valence-electron chi connectivity index (χ1n) is 5.90. The van der Waals surface area contributed by atoms with Crippen molar-refractivity contribution >= 4 is 12.0 Å². The molecule has 6 heteroatoms. The van der Waals surface area contributed by atoms with Crippen LogP contribution in [0.3, 0.4) is 0 Å². The second-order valence-corrected chi connectivity index (χ2v) is 4.20. The van der Waals surface area contributed by atoms with Crippen LogP contribution in [0.25, 0.3) is 0 Å². The van der Waals surface area contributed by atoms with E-state index in [4.69, 9.17) is 0 Å². The molecule has 1 saturated heterocycles. The first-order valence-corrected chi connectivity index (χ1v) is 5.90. The minimum atomic E-state index is -0.745. The van der Waals surface area contributed by atoms with Gasteiger partial charge in [-0.05, 0) is 19.4 Å². The summed E-state index contributed by atoms with van der Waals surface area (Å²) in [6.45, 7) is 0.950. The first-order chi connectivity index (χ1) is 8.17. The van der Waals surface area contributed by atoms with Crippen LogP contribution < -0.4 is 5.32 Å². The van der Waals surface area contributed by atoms with Gasteiger partial charge in [0.25, 0.3) is 0 Å². The summed E-state index contributed by atoms with van der Waals surface area (Å²) in [5, 5.41) is 11.4. The molecule has 1 rings (SSSR count). The van der Waals surface area contributed by atoms with Crippen molar-refractivity contribution in [2.75, 3.05) is 26.8 Å². The average molecular weight is 244 g/mol. The summed E-state index contributed by atoms with van der Waals surface area (Å²) in [5.41, 5.74) is 0. The third-order valence-electron chi connectivity index (χ3n) is 2.98. The van der Waals surface area contributed by atoms with Gasteiger partial charge in [0.1, 0.15) is 0 Å². The normalized spacial score (nSPS) is 21.6. The van der Waals surface area contributed by atoms with Gasteiger partial charge in [0.05, 0.1) is 20.3 Å². The predicted molar refractivity (Wildman–Crippen MR) is 61.5 cm³/mol. The van der Waals surface area contributed by atoms with Crippen molar-refractivity contribution in [3.8, 4) is 0 Å². The Morgan fingerprint density at radius 3 is 2.82 bits per heavy atom. The summed E-state index contributed by atoms with van der Waals surface area (Å²) in [5.74, 6) is -0.391. The minimum absolute atomic E-state index is 0.0147. The van der Waals surface area contributed by atoms with Crippen LogP contribution in [0, 0.1) is 0 Å². The minimum Gasteiger partial charge on any atom is -0.453 e. The number of carbonyl (C=O) groups is 2. The molecule has 0 aromatic carbocycles. The number of methoxy groups -OCH3 is 1. The predicted octanol–water partition coefficient (Wildman–Crippen LogP) is 0.106. The van der Waals surface area contributed by atoms with Crippen LogP contribution in [-0.2, 0) is 9.53 Å². The van der Waals surface area contributed by atoms with E-state index in [-0.39, 0.29) is 19.2 Å². The van der Waals surface area contributed by atoms with Gasteiger partial charge in [-0.15, -0.1) is 0 Å². The number of imide groups is 1. The smallest absolute Gasteiger partial charge is 0.413 e. The van der Waals surface area contributed by atoms with Crippen molar-refractivity contribution < 1.29 is 19.4 Å². The number of aliphatic hydroxyl groups excluding tert-OH is 1. The van der Waals surface area contributed by atoms with Crippen LogP contribution in [0.5, 0.6) is 0 Å². The Hall–Kier alpha value is -1.14. The molecule has 0 bridgehead atoms. The summed E-state index contributed by atoms with van der Waals surface area (Å²) >= 11 is 0. The quantitative estimate of drug-likeness (QED) is 0.736. The van der Waals surface area contributed by atoms with E-state index < -0.39 is 12.0 Å². The zero-order chi connectivity index (χ0) is 12.7. The number of rotatable bonds is 3. The van der Waals surface area contributed by atoms with Crippen molar-refractivity contribution in [3.63, 3.8) is 0 Å². The molecule has 0 radical (unpaired) electrons. The Bertz CT molecular complexity index is 270. The number of carbonyl (C=O) groups excluding carboxylic acids is 2. The summed E-state index contributed by atoms with van der Waals surface area (Å²) in [7, 11) is 1.21. The number of aliphatic hydroxyl groups is 1. The van der Waals surface area contributed by atoms with Gasteiger partial charge >= 0.3 is 6.09 Å². The van der Waals surface area contributed by atoms with Gasteiger partial charge in [0.2, 0.25) is 5.91 Å². The molecule has 0 aliphatic carbocycles. The van der Waals surface area contributed by atoms with Gasteiger partial charge in [0.15, 0.2) is 0 Å². The zero-order valence-electron chi connectivity index (χ0n) is 10.1. The first kappa shape index (κ1) is 13.9. The van der Waals surface area contributed by atoms with Gasteiger partial charge in [0, 0.05) is 6.04 Å². The van der Waals surface area contributed by atoms with Gasteiger partial charge in [-0.1, -0.05) is 12.8 Å². The number of nitrogens with zero attached hydrogens (tertiary/aromatic N) is 1. The van der Waals surface area contributed by atoms with E-state index in [0.717, 1.165) is 32.2 Å². The molecule has 0 aromatic rings. The van der Waals surface area contributed by atoms with Crippen LogP contribution in [0.1, 0.15) is 25.7 Å². The summed E-state index contributed by atoms with van der Waals surface area (Å²) in [4.78, 5) is 24.3. The molecule has 1 heterocycles. The van der Waals surface area contributed by atoms with Crippen molar-refractivity contribution in [3.05, 3.63) is 0 Å². The molecule has 1 aliphatic heterocycles. The fourth-order valence-corrected chi connectivity index (χ4v) is 2.04. The van der Waals surface area contributed by atoms with Gasteiger partial charge in [-0.2, -0.15) is 0 Å². The Kier molecular flexibility index (Phi) is 5.93. The topological polar surface area (TPSA) is 78.9 Å². The Morgan fingerprint density at radius 2 is 2.18 bits per heavy atom. The number of nitrogens with one attached hydrogen (secondary N) is 1. The molecular formula is C11H20N2O4. The molecule has 1 atom stereocenters. The van der Waals surface area contributed by atoms with E-state index in [9.17, 15) is 14.7 Å². The lowest BCUT2D eigenvalue weighted by Gasteiger charge is -2.27. The van der Waals surface area contributed by atoms with E-state index in [1.165, 1.54) is 7.11 Å². The van der Waals surface area contributed by atoms with E-state index >= 15 is 0 Å². The third-order valence-corrected chi connectivity index (χ3v) is 2.98. The third kappa shape index (κ3) is 4.70. The van der Waals surface area contributed by atoms with Gasteiger partial charge < -0.3 is 9.84 Å². The molecule has 98 valence electrons. The standard InChI is InChI=1S/C11H20N2O4/c1-17-11(16)12-10(15)7-13-6-4-2-3-5-9(13)8-14/h9,14H,2-8H2,1H3,(H,12,15,16). The van der Waals surface area contributed by atoms with Crippen molar-refractivity contribution in [1.29, 1.82) is 0 Å². The van der Waals surface area contributed by atoms with Crippen molar-refractivity contribution in [2.45, 2.75) is 31.7 Å². The molecule has 17 heavy (non-hydrogen) atoms. The molecular weight excluding hydrogens is 224 g/mol. The maximum atomic E-state index is 11.5. The molecule has 1 unspecified atom stereocenters. The highest BCUT2D eigenvalue weighted by Gasteiger charge is 2.22. The molecule has 0 spiro atoms. The largest absolute Gasteiger partial charge is 0.453 e. The van der Waals surface area contributed by atoms with Crippen LogP contribution in [0.2, 0.25) is 0 Å². The maximum Gasteiger partial charge on any atom is 0.413 e. The van der Waals surface area contributed by atoms with E-state index in [1.807, 2.05) is 4.90 Å². The lowest BCUT2D eigenvalue weighted by molar-refractivity contribution is -0.122. The van der Waals surface area contributed by atoms with Gasteiger partial charge in [-0.25, -0.2) is 4.79 Å². The number of hydrogen-bond donors (Lipinski definition) is 2. The number of likely N-dealkylation sites (tertiary alicyclic amines) is 1. The van der Waals surface area contributed by atoms with Crippen LogP contribution in [0.15, 0.2) is 0 Å². The SMILES string of the molecule is COC(=O)NC(=O)CN1CCCCCC1CO. The molecule has 2 N–H and O–H groups in total. The number of amides is 2. The highest BCUT2D eigenvalue weighted by atomic mass is 16.5. The number of hydrogen-bond acceptors (Lipinski definition) is 5. The van der Waals surface area contributed by atoms with Gasteiger partial charge in [-0.3, -0.25) is 15.0 Å². The van der Waals surface area contributed by atoms with Crippen molar-refractivity contribution in [1.82, 2.24) is 10.2 Å². The molecule has 6 nitrogen and oxygen atoms in total. The summed E-state index contributed by atoms with van der Waals surface area (Å²) < 4.78 is 4.35. The molecule has 0 aromatic heterocycles. The Balaban J connectivity index is 2.46. The van der Waals surface area contributed by atoms with Crippen LogP contribution in [-0.4, -0.2) is 54.9 Å². The van der Waals surface area contributed by atoms with Crippen LogP contribution >= 0.6 is 0 Å². The highest BCUT2D eigenvalue weighted by Crippen LogP contribution is 2.15. The molecule has 1 fully saturated rings. The fourth-order valence-electron chi connectivity index (χ4n) is 2.04. The lowest BCUT2D eigenvalue weighted by atomic mass is 10.1.